The Bertz CT molecular complexity index is 991. The Balaban J connectivity index is 1.89. The molecule has 1 heterocycles. The highest BCUT2D eigenvalue weighted by molar-refractivity contribution is 5.99. The summed E-state index contributed by atoms with van der Waals surface area (Å²) >= 11 is 0. The molecule has 1 N–H and O–H groups in total. The SMILES string of the molecule is CCCCOC(=O)c1ncc2ccc(Oc3ccc(F)c(F)c3)cc2c1O. The van der Waals surface area contributed by atoms with Crippen molar-refractivity contribution in [2.45, 2.75) is 19.8 Å². The predicted octanol–water partition coefficient (Wildman–Crippen LogP) is 4.97. The summed E-state index contributed by atoms with van der Waals surface area (Å²) in [6, 6.07) is 7.86. The molecule has 3 aromatic rings. The molecule has 0 spiro atoms. The third kappa shape index (κ3) is 4.13. The molecule has 0 aliphatic heterocycles. The van der Waals surface area contributed by atoms with Crippen LogP contribution in [0.1, 0.15) is 30.3 Å². The van der Waals surface area contributed by atoms with Crippen molar-refractivity contribution < 1.29 is 28.2 Å². The van der Waals surface area contributed by atoms with Crippen LogP contribution in [-0.4, -0.2) is 22.7 Å². The minimum absolute atomic E-state index is 0.0981. The average Bonchev–Trinajstić information content (AvgIpc) is 2.65. The first-order valence-electron chi connectivity index (χ1n) is 8.41. The molecule has 7 heteroatoms. The van der Waals surface area contributed by atoms with Gasteiger partial charge in [-0.15, -0.1) is 0 Å². The molecule has 0 saturated heterocycles. The summed E-state index contributed by atoms with van der Waals surface area (Å²) in [5, 5.41) is 11.3. The van der Waals surface area contributed by atoms with Gasteiger partial charge in [0.1, 0.15) is 11.5 Å². The Labute approximate surface area is 154 Å². The quantitative estimate of drug-likeness (QED) is 0.488. The molecule has 0 aliphatic rings. The number of aromatic hydroxyl groups is 1. The van der Waals surface area contributed by atoms with Gasteiger partial charge >= 0.3 is 5.97 Å². The third-order valence-electron chi connectivity index (χ3n) is 3.89. The van der Waals surface area contributed by atoms with Crippen molar-refractivity contribution in [1.29, 1.82) is 0 Å². The van der Waals surface area contributed by atoms with Gasteiger partial charge in [-0.3, -0.25) is 0 Å². The Kier molecular flexibility index (Phi) is 5.49. The lowest BCUT2D eigenvalue weighted by Gasteiger charge is -2.10. The zero-order chi connectivity index (χ0) is 19.4. The maximum atomic E-state index is 13.3. The fourth-order valence-electron chi connectivity index (χ4n) is 2.44. The molecular formula is C20H17F2NO4. The largest absolute Gasteiger partial charge is 0.505 e. The van der Waals surface area contributed by atoms with E-state index in [0.717, 1.165) is 18.6 Å². The summed E-state index contributed by atoms with van der Waals surface area (Å²) in [7, 11) is 0. The smallest absolute Gasteiger partial charge is 0.360 e. The standard InChI is InChI=1S/C20H17F2NO4/c1-2-3-8-26-20(25)18-19(24)15-9-13(5-4-12(15)11-23-18)27-14-6-7-16(21)17(22)10-14/h4-7,9-11,24H,2-3,8H2,1H3. The molecule has 0 radical (unpaired) electrons. The Hall–Kier alpha value is -3.22. The van der Waals surface area contributed by atoms with Gasteiger partial charge in [-0.05, 0) is 36.8 Å². The van der Waals surface area contributed by atoms with Crippen LogP contribution in [0.15, 0.2) is 42.6 Å². The lowest BCUT2D eigenvalue weighted by Crippen LogP contribution is -2.08. The number of benzene rings is 2. The van der Waals surface area contributed by atoms with E-state index in [1.807, 2.05) is 6.92 Å². The summed E-state index contributed by atoms with van der Waals surface area (Å²) in [6.07, 6.45) is 3.02. The van der Waals surface area contributed by atoms with Crippen molar-refractivity contribution in [1.82, 2.24) is 4.98 Å². The Morgan fingerprint density at radius 3 is 2.59 bits per heavy atom. The van der Waals surface area contributed by atoms with Crippen LogP contribution < -0.4 is 4.74 Å². The molecular weight excluding hydrogens is 356 g/mol. The first-order chi connectivity index (χ1) is 13.0. The Morgan fingerprint density at radius 1 is 1.11 bits per heavy atom. The zero-order valence-corrected chi connectivity index (χ0v) is 14.5. The lowest BCUT2D eigenvalue weighted by molar-refractivity contribution is 0.0489. The molecule has 0 amide bonds. The number of nitrogens with zero attached hydrogens (tertiary/aromatic N) is 1. The maximum absolute atomic E-state index is 13.3. The van der Waals surface area contributed by atoms with E-state index in [1.54, 1.807) is 12.1 Å². The summed E-state index contributed by atoms with van der Waals surface area (Å²) in [5.74, 6) is -2.67. The van der Waals surface area contributed by atoms with Crippen molar-refractivity contribution in [2.75, 3.05) is 6.61 Å². The summed E-state index contributed by atoms with van der Waals surface area (Å²) in [5.41, 5.74) is -0.191. The molecule has 0 saturated carbocycles. The minimum Gasteiger partial charge on any atom is -0.505 e. The molecule has 1 aromatic heterocycles. The van der Waals surface area contributed by atoms with E-state index < -0.39 is 17.6 Å². The molecule has 140 valence electrons. The number of carbonyl (C=O) groups is 1. The van der Waals surface area contributed by atoms with Crippen LogP contribution in [0, 0.1) is 11.6 Å². The van der Waals surface area contributed by atoms with Crippen molar-refractivity contribution in [3.05, 3.63) is 59.9 Å². The molecule has 0 unspecified atom stereocenters. The number of carbonyl (C=O) groups excluding carboxylic acids is 1. The fraction of sp³-hybridized carbons (Fsp3) is 0.200. The molecule has 5 nitrogen and oxygen atoms in total. The molecule has 27 heavy (non-hydrogen) atoms. The van der Waals surface area contributed by atoms with Crippen LogP contribution in [0.4, 0.5) is 8.78 Å². The van der Waals surface area contributed by atoms with Crippen LogP contribution >= 0.6 is 0 Å². The summed E-state index contributed by atoms with van der Waals surface area (Å²) in [6.45, 7) is 2.21. The highest BCUT2D eigenvalue weighted by Gasteiger charge is 2.17. The van der Waals surface area contributed by atoms with Crippen LogP contribution in [-0.2, 0) is 4.74 Å². The number of aromatic nitrogens is 1. The lowest BCUT2D eigenvalue weighted by atomic mass is 10.1. The van der Waals surface area contributed by atoms with Crippen molar-refractivity contribution in [3.8, 4) is 17.2 Å². The van der Waals surface area contributed by atoms with Crippen molar-refractivity contribution in [3.63, 3.8) is 0 Å². The second kappa shape index (κ2) is 7.99. The van der Waals surface area contributed by atoms with Gasteiger partial charge in [0.05, 0.1) is 6.61 Å². The van der Waals surface area contributed by atoms with E-state index in [1.165, 1.54) is 18.3 Å². The van der Waals surface area contributed by atoms with Gasteiger partial charge in [0.2, 0.25) is 0 Å². The number of rotatable bonds is 6. The van der Waals surface area contributed by atoms with Gasteiger partial charge in [0.15, 0.2) is 23.1 Å². The molecule has 0 fully saturated rings. The van der Waals surface area contributed by atoms with Crippen molar-refractivity contribution >= 4 is 16.7 Å². The number of esters is 1. The normalized spacial score (nSPS) is 10.8. The predicted molar refractivity (Wildman–Crippen MR) is 95.0 cm³/mol. The Morgan fingerprint density at radius 2 is 1.85 bits per heavy atom. The summed E-state index contributed by atoms with van der Waals surface area (Å²) in [4.78, 5) is 16.0. The van der Waals surface area contributed by atoms with Gasteiger partial charge in [0, 0.05) is 23.0 Å². The first-order valence-corrected chi connectivity index (χ1v) is 8.41. The van der Waals surface area contributed by atoms with Gasteiger partial charge in [-0.25, -0.2) is 18.6 Å². The van der Waals surface area contributed by atoms with Gasteiger partial charge in [-0.1, -0.05) is 13.3 Å². The van der Waals surface area contributed by atoms with Crippen LogP contribution in [0.2, 0.25) is 0 Å². The van der Waals surface area contributed by atoms with Crippen LogP contribution in [0.5, 0.6) is 17.2 Å². The van der Waals surface area contributed by atoms with E-state index in [4.69, 9.17) is 9.47 Å². The van der Waals surface area contributed by atoms with E-state index in [9.17, 15) is 18.7 Å². The maximum Gasteiger partial charge on any atom is 0.360 e. The topological polar surface area (TPSA) is 68.7 Å². The van der Waals surface area contributed by atoms with E-state index in [-0.39, 0.29) is 29.5 Å². The number of halogens is 2. The number of hydrogen-bond acceptors (Lipinski definition) is 5. The highest BCUT2D eigenvalue weighted by atomic mass is 19.2. The fourth-order valence-corrected chi connectivity index (χ4v) is 2.44. The van der Waals surface area contributed by atoms with E-state index in [2.05, 4.69) is 4.98 Å². The molecule has 0 atom stereocenters. The van der Waals surface area contributed by atoms with E-state index in [0.29, 0.717) is 17.2 Å². The van der Waals surface area contributed by atoms with Gasteiger partial charge in [-0.2, -0.15) is 0 Å². The third-order valence-corrected chi connectivity index (χ3v) is 3.89. The number of fused-ring (bicyclic) bond motifs is 1. The zero-order valence-electron chi connectivity index (χ0n) is 14.5. The number of pyridine rings is 1. The van der Waals surface area contributed by atoms with Gasteiger partial charge in [0.25, 0.3) is 0 Å². The van der Waals surface area contributed by atoms with E-state index >= 15 is 0 Å². The number of unbranched alkanes of at least 4 members (excludes halogenated alkanes) is 1. The monoisotopic (exact) mass is 373 g/mol. The number of ether oxygens (including phenoxy) is 2. The molecule has 0 bridgehead atoms. The second-order valence-electron chi connectivity index (χ2n) is 5.87. The molecule has 2 aromatic carbocycles. The highest BCUT2D eigenvalue weighted by Crippen LogP contribution is 2.32. The van der Waals surface area contributed by atoms with Gasteiger partial charge < -0.3 is 14.6 Å². The summed E-state index contributed by atoms with van der Waals surface area (Å²) < 4.78 is 36.9. The minimum atomic E-state index is -1.03. The van der Waals surface area contributed by atoms with Crippen molar-refractivity contribution in [2.24, 2.45) is 0 Å². The average molecular weight is 373 g/mol. The number of hydrogen-bond donors (Lipinski definition) is 1. The first kappa shape index (κ1) is 18.6. The van der Waals surface area contributed by atoms with Crippen LogP contribution in [0.25, 0.3) is 10.8 Å². The molecule has 0 aliphatic carbocycles. The second-order valence-corrected chi connectivity index (χ2v) is 5.87. The van der Waals surface area contributed by atoms with Crippen LogP contribution in [0.3, 0.4) is 0 Å². The molecule has 3 rings (SSSR count).